The minimum absolute atomic E-state index is 0.0576. The standard InChI is InChI=1S/C9H11ClN4O/c10-8-7-5(1-6(11)3-15)2-12-9(7)14-4-13-8/h2,4,6,15H,1,3,11H2,(H,12,13,14). The van der Waals surface area contributed by atoms with E-state index in [-0.39, 0.29) is 12.6 Å². The monoisotopic (exact) mass is 226 g/mol. The highest BCUT2D eigenvalue weighted by Crippen LogP contribution is 2.23. The maximum Gasteiger partial charge on any atom is 0.142 e. The van der Waals surface area contributed by atoms with Gasteiger partial charge in [0.05, 0.1) is 12.0 Å². The van der Waals surface area contributed by atoms with Crippen molar-refractivity contribution < 1.29 is 5.11 Å². The van der Waals surface area contributed by atoms with E-state index < -0.39 is 0 Å². The Morgan fingerprint density at radius 1 is 1.53 bits per heavy atom. The van der Waals surface area contributed by atoms with Gasteiger partial charge in [-0.15, -0.1) is 0 Å². The van der Waals surface area contributed by atoms with E-state index in [4.69, 9.17) is 22.4 Å². The molecule has 0 radical (unpaired) electrons. The molecule has 5 nitrogen and oxygen atoms in total. The summed E-state index contributed by atoms with van der Waals surface area (Å²) in [5, 5.41) is 10.1. The smallest absolute Gasteiger partial charge is 0.142 e. The number of aliphatic hydroxyl groups is 1. The quantitative estimate of drug-likeness (QED) is 0.664. The fourth-order valence-electron chi connectivity index (χ4n) is 1.49. The highest BCUT2D eigenvalue weighted by molar-refractivity contribution is 6.34. The third-order valence-electron chi connectivity index (χ3n) is 2.22. The molecule has 1 unspecified atom stereocenters. The van der Waals surface area contributed by atoms with Crippen LogP contribution in [0.25, 0.3) is 11.0 Å². The van der Waals surface area contributed by atoms with Crippen molar-refractivity contribution in [2.75, 3.05) is 6.61 Å². The van der Waals surface area contributed by atoms with Crippen molar-refractivity contribution in [3.05, 3.63) is 23.2 Å². The van der Waals surface area contributed by atoms with Crippen molar-refractivity contribution in [2.45, 2.75) is 12.5 Å². The van der Waals surface area contributed by atoms with Crippen LogP contribution in [0.4, 0.5) is 0 Å². The number of nitrogens with zero attached hydrogens (tertiary/aromatic N) is 2. The summed E-state index contributed by atoms with van der Waals surface area (Å²) >= 11 is 5.96. The number of hydrogen-bond donors (Lipinski definition) is 3. The molecular formula is C9H11ClN4O. The van der Waals surface area contributed by atoms with Gasteiger partial charge in [-0.1, -0.05) is 11.6 Å². The first-order valence-corrected chi connectivity index (χ1v) is 4.93. The zero-order valence-electron chi connectivity index (χ0n) is 7.94. The normalized spacial score (nSPS) is 13.3. The van der Waals surface area contributed by atoms with Gasteiger partial charge < -0.3 is 15.8 Å². The van der Waals surface area contributed by atoms with Gasteiger partial charge in [0.25, 0.3) is 0 Å². The average Bonchev–Trinajstić information content (AvgIpc) is 2.63. The molecule has 80 valence electrons. The molecule has 2 aromatic heterocycles. The van der Waals surface area contributed by atoms with Gasteiger partial charge >= 0.3 is 0 Å². The van der Waals surface area contributed by atoms with Crippen molar-refractivity contribution in [3.8, 4) is 0 Å². The molecule has 0 aliphatic heterocycles. The Kier molecular flexibility index (Phi) is 2.86. The summed E-state index contributed by atoms with van der Waals surface area (Å²) in [6.45, 7) is -0.0576. The van der Waals surface area contributed by atoms with E-state index in [0.29, 0.717) is 17.2 Å². The van der Waals surface area contributed by atoms with Gasteiger partial charge in [0.15, 0.2) is 0 Å². The highest BCUT2D eigenvalue weighted by atomic mass is 35.5. The Labute approximate surface area is 91.3 Å². The minimum Gasteiger partial charge on any atom is -0.395 e. The van der Waals surface area contributed by atoms with E-state index in [0.717, 1.165) is 10.9 Å². The number of halogens is 1. The Morgan fingerprint density at radius 2 is 2.33 bits per heavy atom. The first-order valence-electron chi connectivity index (χ1n) is 4.55. The number of nitrogens with two attached hydrogens (primary N) is 1. The first-order chi connectivity index (χ1) is 7.22. The fourth-order valence-corrected chi connectivity index (χ4v) is 1.75. The molecule has 0 amide bonds. The van der Waals surface area contributed by atoms with Crippen LogP contribution in [0.15, 0.2) is 12.5 Å². The maximum absolute atomic E-state index is 8.88. The van der Waals surface area contributed by atoms with E-state index in [1.807, 2.05) is 0 Å². The third-order valence-corrected chi connectivity index (χ3v) is 2.51. The Balaban J connectivity index is 2.43. The molecular weight excluding hydrogens is 216 g/mol. The van der Waals surface area contributed by atoms with E-state index in [9.17, 15) is 0 Å². The van der Waals surface area contributed by atoms with Crippen LogP contribution < -0.4 is 5.73 Å². The zero-order valence-corrected chi connectivity index (χ0v) is 8.70. The molecule has 15 heavy (non-hydrogen) atoms. The summed E-state index contributed by atoms with van der Waals surface area (Å²) in [6, 6.07) is -0.291. The number of H-pyrrole nitrogens is 1. The van der Waals surface area contributed by atoms with Crippen LogP contribution in [-0.2, 0) is 6.42 Å². The SMILES string of the molecule is NC(CO)Cc1c[nH]c2ncnc(Cl)c12. The summed E-state index contributed by atoms with van der Waals surface area (Å²) in [7, 11) is 0. The van der Waals surface area contributed by atoms with Gasteiger partial charge in [-0.25, -0.2) is 9.97 Å². The Bertz CT molecular complexity index is 470. The van der Waals surface area contributed by atoms with Crippen molar-refractivity contribution in [3.63, 3.8) is 0 Å². The number of nitrogens with one attached hydrogen (secondary N) is 1. The summed E-state index contributed by atoms with van der Waals surface area (Å²) < 4.78 is 0. The van der Waals surface area contributed by atoms with Gasteiger partial charge in [-0.2, -0.15) is 0 Å². The lowest BCUT2D eigenvalue weighted by atomic mass is 10.1. The van der Waals surface area contributed by atoms with Crippen LogP contribution in [0, 0.1) is 0 Å². The molecule has 0 bridgehead atoms. The molecule has 2 aromatic rings. The molecule has 4 N–H and O–H groups in total. The molecule has 2 heterocycles. The lowest BCUT2D eigenvalue weighted by Crippen LogP contribution is -2.26. The van der Waals surface area contributed by atoms with Crippen molar-refractivity contribution in [1.29, 1.82) is 0 Å². The Hall–Kier alpha value is -1.17. The molecule has 0 spiro atoms. The number of aromatic nitrogens is 3. The van der Waals surface area contributed by atoms with Crippen LogP contribution in [0.3, 0.4) is 0 Å². The molecule has 0 saturated carbocycles. The molecule has 0 aliphatic carbocycles. The van der Waals surface area contributed by atoms with Crippen molar-refractivity contribution in [2.24, 2.45) is 5.73 Å². The minimum atomic E-state index is -0.291. The molecule has 2 rings (SSSR count). The predicted octanol–water partition coefficient (Wildman–Crippen LogP) is 0.473. The van der Waals surface area contributed by atoms with E-state index >= 15 is 0 Å². The van der Waals surface area contributed by atoms with Crippen LogP contribution >= 0.6 is 11.6 Å². The molecule has 0 fully saturated rings. The average molecular weight is 227 g/mol. The third kappa shape index (κ3) is 1.94. The highest BCUT2D eigenvalue weighted by Gasteiger charge is 2.11. The molecule has 6 heteroatoms. The lowest BCUT2D eigenvalue weighted by Gasteiger charge is -2.06. The van der Waals surface area contributed by atoms with E-state index in [1.54, 1.807) is 6.20 Å². The molecule has 0 aliphatic rings. The van der Waals surface area contributed by atoms with Gasteiger partial charge in [0, 0.05) is 12.2 Å². The summed E-state index contributed by atoms with van der Waals surface area (Å²) in [6.07, 6.45) is 3.74. The second-order valence-electron chi connectivity index (χ2n) is 3.35. The number of rotatable bonds is 3. The zero-order chi connectivity index (χ0) is 10.8. The second-order valence-corrected chi connectivity index (χ2v) is 3.71. The van der Waals surface area contributed by atoms with Gasteiger partial charge in [0.2, 0.25) is 0 Å². The van der Waals surface area contributed by atoms with Gasteiger partial charge in [-0.05, 0) is 12.0 Å². The number of aromatic amines is 1. The van der Waals surface area contributed by atoms with Gasteiger partial charge in [-0.3, -0.25) is 0 Å². The van der Waals surface area contributed by atoms with E-state index in [1.165, 1.54) is 6.33 Å². The lowest BCUT2D eigenvalue weighted by molar-refractivity contribution is 0.265. The van der Waals surface area contributed by atoms with Crippen LogP contribution in [0.2, 0.25) is 5.15 Å². The summed E-state index contributed by atoms with van der Waals surface area (Å²) in [5.41, 5.74) is 7.28. The maximum atomic E-state index is 8.88. The number of aliphatic hydroxyl groups excluding tert-OH is 1. The van der Waals surface area contributed by atoms with Gasteiger partial charge in [0.1, 0.15) is 17.1 Å². The van der Waals surface area contributed by atoms with Crippen molar-refractivity contribution >= 4 is 22.6 Å². The largest absolute Gasteiger partial charge is 0.395 e. The predicted molar refractivity (Wildman–Crippen MR) is 57.7 cm³/mol. The van der Waals surface area contributed by atoms with Crippen molar-refractivity contribution in [1.82, 2.24) is 15.0 Å². The topological polar surface area (TPSA) is 87.8 Å². The fraction of sp³-hybridized carbons (Fsp3) is 0.333. The summed E-state index contributed by atoms with van der Waals surface area (Å²) in [4.78, 5) is 10.9. The second kappa shape index (κ2) is 4.14. The number of hydrogen-bond acceptors (Lipinski definition) is 4. The number of fused-ring (bicyclic) bond motifs is 1. The Morgan fingerprint density at radius 3 is 3.07 bits per heavy atom. The molecule has 1 atom stereocenters. The molecule has 0 aromatic carbocycles. The van der Waals surface area contributed by atoms with Crippen LogP contribution in [0.1, 0.15) is 5.56 Å². The summed E-state index contributed by atoms with van der Waals surface area (Å²) in [5.74, 6) is 0. The van der Waals surface area contributed by atoms with Crippen LogP contribution in [0.5, 0.6) is 0 Å². The van der Waals surface area contributed by atoms with E-state index in [2.05, 4.69) is 15.0 Å². The molecule has 0 saturated heterocycles. The first kappa shape index (κ1) is 10.4. The van der Waals surface area contributed by atoms with Crippen LogP contribution in [-0.4, -0.2) is 32.7 Å².